The van der Waals surface area contributed by atoms with Gasteiger partial charge in [0.15, 0.2) is 0 Å². The summed E-state index contributed by atoms with van der Waals surface area (Å²) in [5, 5.41) is 12.7. The van der Waals surface area contributed by atoms with Crippen molar-refractivity contribution in [3.8, 4) is 0 Å². The second kappa shape index (κ2) is 9.93. The van der Waals surface area contributed by atoms with Crippen LogP contribution >= 0.6 is 0 Å². The molecule has 28 heavy (non-hydrogen) atoms. The Morgan fingerprint density at radius 2 is 1.79 bits per heavy atom. The van der Waals surface area contributed by atoms with Crippen molar-refractivity contribution in [2.45, 2.75) is 102 Å². The number of rotatable bonds is 7. The van der Waals surface area contributed by atoms with Crippen molar-refractivity contribution in [3.05, 3.63) is 0 Å². The highest BCUT2D eigenvalue weighted by atomic mass is 16.4. The average molecular weight is 391 g/mol. The van der Waals surface area contributed by atoms with E-state index in [0.717, 1.165) is 36.3 Å². The summed E-state index contributed by atoms with van der Waals surface area (Å²) in [7, 11) is 0. The van der Waals surface area contributed by atoms with Crippen LogP contribution in [0.25, 0.3) is 0 Å². The molecule has 2 aliphatic heterocycles. The van der Waals surface area contributed by atoms with Crippen LogP contribution in [0.4, 0.5) is 0 Å². The predicted molar refractivity (Wildman–Crippen MR) is 113 cm³/mol. The summed E-state index contributed by atoms with van der Waals surface area (Å²) in [4.78, 5) is 14.0. The Bertz CT molecular complexity index is 499. The molecular weight excluding hydrogens is 348 g/mol. The monoisotopic (exact) mass is 390 g/mol. The zero-order valence-corrected chi connectivity index (χ0v) is 17.8. The highest BCUT2D eigenvalue weighted by Gasteiger charge is 2.46. The number of carbonyl (C=O) groups is 1. The highest BCUT2D eigenvalue weighted by Crippen LogP contribution is 2.47. The van der Waals surface area contributed by atoms with Gasteiger partial charge in [-0.15, -0.1) is 0 Å². The summed E-state index contributed by atoms with van der Waals surface area (Å²) in [6.07, 6.45) is 18.0. The summed E-state index contributed by atoms with van der Waals surface area (Å²) in [5.74, 6) is 2.72. The van der Waals surface area contributed by atoms with Gasteiger partial charge in [-0.25, -0.2) is 0 Å². The summed E-state index contributed by atoms with van der Waals surface area (Å²) in [5.41, 5.74) is 0. The minimum Gasteiger partial charge on any atom is -0.481 e. The second-order valence-corrected chi connectivity index (χ2v) is 10.4. The maximum absolute atomic E-state index is 11.1. The van der Waals surface area contributed by atoms with E-state index in [-0.39, 0.29) is 0 Å². The molecule has 0 bridgehead atoms. The van der Waals surface area contributed by atoms with Crippen molar-refractivity contribution >= 4 is 5.97 Å². The third-order valence-electron chi connectivity index (χ3n) is 8.62. The minimum atomic E-state index is -0.614. The van der Waals surface area contributed by atoms with Crippen LogP contribution in [0.15, 0.2) is 0 Å². The van der Waals surface area contributed by atoms with Gasteiger partial charge in [0.1, 0.15) is 0 Å². The molecule has 5 atom stereocenters. The number of likely N-dealkylation sites (tertiary alicyclic amines) is 1. The number of hydrogen-bond acceptors (Lipinski definition) is 3. The molecule has 4 rings (SSSR count). The topological polar surface area (TPSA) is 52.6 Å². The average Bonchev–Trinajstić information content (AvgIpc) is 3.10. The van der Waals surface area contributed by atoms with Crippen LogP contribution in [0, 0.1) is 23.7 Å². The fourth-order valence-corrected chi connectivity index (χ4v) is 7.10. The lowest BCUT2D eigenvalue weighted by molar-refractivity contribution is -0.137. The van der Waals surface area contributed by atoms with E-state index in [1.54, 1.807) is 0 Å². The molecule has 2 saturated carbocycles. The number of piperidine rings is 1. The number of aliphatic carboxylic acids is 1. The molecule has 4 unspecified atom stereocenters. The third-order valence-corrected chi connectivity index (χ3v) is 8.62. The Hall–Kier alpha value is -0.610. The maximum Gasteiger partial charge on any atom is 0.303 e. The highest BCUT2D eigenvalue weighted by molar-refractivity contribution is 5.66. The standard InChI is InChI=1S/C24H42N2O2/c27-24(28)13-10-19-9-12-23-22(15-19)20(11-8-18-5-2-1-3-6-18)17-26(23)21-7-4-14-25-16-21/h18-23,25H,1-17H2,(H,27,28)/t19?,20?,21?,22-,23?/m1/s1. The molecule has 4 fully saturated rings. The van der Waals surface area contributed by atoms with E-state index < -0.39 is 5.97 Å². The summed E-state index contributed by atoms with van der Waals surface area (Å²) in [6.45, 7) is 3.70. The van der Waals surface area contributed by atoms with E-state index in [2.05, 4.69) is 10.2 Å². The number of nitrogens with zero attached hydrogens (tertiary/aromatic N) is 1. The van der Waals surface area contributed by atoms with Gasteiger partial charge in [-0.2, -0.15) is 0 Å². The first kappa shape index (κ1) is 20.7. The van der Waals surface area contributed by atoms with Gasteiger partial charge in [-0.3, -0.25) is 9.69 Å². The molecule has 4 aliphatic rings. The lowest BCUT2D eigenvalue weighted by Gasteiger charge is -2.41. The van der Waals surface area contributed by atoms with Crippen LogP contribution in [-0.2, 0) is 4.79 Å². The van der Waals surface area contributed by atoms with Crippen LogP contribution in [0.3, 0.4) is 0 Å². The molecule has 160 valence electrons. The van der Waals surface area contributed by atoms with Crippen molar-refractivity contribution in [1.29, 1.82) is 0 Å². The van der Waals surface area contributed by atoms with Crippen LogP contribution in [0.5, 0.6) is 0 Å². The van der Waals surface area contributed by atoms with Gasteiger partial charge in [0.2, 0.25) is 0 Å². The Morgan fingerprint density at radius 3 is 2.54 bits per heavy atom. The predicted octanol–water partition coefficient (Wildman–Crippen LogP) is 4.68. The first-order chi connectivity index (χ1) is 13.7. The van der Waals surface area contributed by atoms with Gasteiger partial charge >= 0.3 is 5.97 Å². The molecule has 4 nitrogen and oxygen atoms in total. The molecule has 2 heterocycles. The smallest absolute Gasteiger partial charge is 0.303 e. The fraction of sp³-hybridized carbons (Fsp3) is 0.958. The van der Waals surface area contributed by atoms with Gasteiger partial charge in [-0.05, 0) is 75.2 Å². The SMILES string of the molecule is O=C(O)CCC1CCC2[C@H](C1)C(CCC1CCCCC1)CN2C1CCCNC1. The Labute approximate surface area is 171 Å². The zero-order chi connectivity index (χ0) is 19.3. The molecule has 0 radical (unpaired) electrons. The van der Waals surface area contributed by atoms with Gasteiger partial charge in [0, 0.05) is 31.6 Å². The number of carboxylic acid groups (broad SMARTS) is 1. The van der Waals surface area contributed by atoms with Crippen molar-refractivity contribution in [1.82, 2.24) is 10.2 Å². The second-order valence-electron chi connectivity index (χ2n) is 10.4. The van der Waals surface area contributed by atoms with E-state index >= 15 is 0 Å². The first-order valence-electron chi connectivity index (χ1n) is 12.4. The molecule has 0 aromatic carbocycles. The minimum absolute atomic E-state index is 0.366. The van der Waals surface area contributed by atoms with Crippen molar-refractivity contribution in [3.63, 3.8) is 0 Å². The summed E-state index contributed by atoms with van der Waals surface area (Å²) < 4.78 is 0. The molecule has 2 N–H and O–H groups in total. The molecule has 2 aliphatic carbocycles. The van der Waals surface area contributed by atoms with Crippen LogP contribution in [0.2, 0.25) is 0 Å². The summed E-state index contributed by atoms with van der Waals surface area (Å²) in [6, 6.07) is 1.53. The molecule has 0 amide bonds. The van der Waals surface area contributed by atoms with Crippen molar-refractivity contribution in [2.24, 2.45) is 23.7 Å². The largest absolute Gasteiger partial charge is 0.481 e. The van der Waals surface area contributed by atoms with E-state index in [1.165, 1.54) is 96.7 Å². The molecule has 0 aromatic rings. The number of nitrogens with one attached hydrogen (secondary N) is 1. The zero-order valence-electron chi connectivity index (χ0n) is 17.8. The maximum atomic E-state index is 11.1. The third kappa shape index (κ3) is 5.11. The number of carboxylic acids is 1. The van der Waals surface area contributed by atoms with Crippen molar-refractivity contribution < 1.29 is 9.90 Å². The molecule has 0 aromatic heterocycles. The van der Waals surface area contributed by atoms with Crippen LogP contribution in [0.1, 0.15) is 89.9 Å². The Kier molecular flexibility index (Phi) is 7.33. The quantitative estimate of drug-likeness (QED) is 0.663. The van der Waals surface area contributed by atoms with Gasteiger partial charge < -0.3 is 10.4 Å². The molecule has 0 spiro atoms. The van der Waals surface area contributed by atoms with E-state index in [4.69, 9.17) is 5.11 Å². The van der Waals surface area contributed by atoms with Gasteiger partial charge in [0.25, 0.3) is 0 Å². The van der Waals surface area contributed by atoms with Crippen molar-refractivity contribution in [2.75, 3.05) is 19.6 Å². The number of hydrogen-bond donors (Lipinski definition) is 2. The summed E-state index contributed by atoms with van der Waals surface area (Å²) >= 11 is 0. The molecular formula is C24H42N2O2. The number of fused-ring (bicyclic) bond motifs is 1. The lowest BCUT2D eigenvalue weighted by Crippen LogP contribution is -2.49. The normalized spacial score (nSPS) is 37.6. The van der Waals surface area contributed by atoms with Gasteiger partial charge in [0.05, 0.1) is 0 Å². The molecule has 2 saturated heterocycles. The van der Waals surface area contributed by atoms with E-state index in [1.807, 2.05) is 0 Å². The van der Waals surface area contributed by atoms with Crippen LogP contribution in [-0.4, -0.2) is 47.7 Å². The lowest BCUT2D eigenvalue weighted by atomic mass is 9.71. The molecule has 4 heteroatoms. The van der Waals surface area contributed by atoms with Gasteiger partial charge in [-0.1, -0.05) is 38.5 Å². The fourth-order valence-electron chi connectivity index (χ4n) is 7.10. The van der Waals surface area contributed by atoms with E-state index in [9.17, 15) is 4.79 Å². The van der Waals surface area contributed by atoms with E-state index in [0.29, 0.717) is 12.3 Å². The Morgan fingerprint density at radius 1 is 0.929 bits per heavy atom. The Balaban J connectivity index is 1.38. The van der Waals surface area contributed by atoms with Crippen LogP contribution < -0.4 is 5.32 Å². The first-order valence-corrected chi connectivity index (χ1v) is 12.4.